The highest BCUT2D eigenvalue weighted by atomic mass is 19.3. The van der Waals surface area contributed by atoms with Crippen LogP contribution in [0.2, 0.25) is 0 Å². The second kappa shape index (κ2) is 3.41. The van der Waals surface area contributed by atoms with E-state index in [1.165, 1.54) is 7.11 Å². The van der Waals surface area contributed by atoms with E-state index in [4.69, 9.17) is 4.74 Å². The highest BCUT2D eigenvalue weighted by Gasteiger charge is 2.20. The summed E-state index contributed by atoms with van der Waals surface area (Å²) in [4.78, 5) is 7.83. The van der Waals surface area contributed by atoms with Gasteiger partial charge in [-0.25, -0.2) is 13.8 Å². The Balaban J connectivity index is 2.77. The SMILES string of the molecule is COc1nc(C)nc2n[nH]c(C(F)F)c12. The molecule has 0 aliphatic heterocycles. The molecule has 15 heavy (non-hydrogen) atoms. The summed E-state index contributed by atoms with van der Waals surface area (Å²) in [6.45, 7) is 1.64. The van der Waals surface area contributed by atoms with Crippen molar-refractivity contribution in [3.63, 3.8) is 0 Å². The van der Waals surface area contributed by atoms with Crippen molar-refractivity contribution in [2.75, 3.05) is 7.11 Å². The van der Waals surface area contributed by atoms with Gasteiger partial charge in [-0.05, 0) is 6.92 Å². The fourth-order valence-corrected chi connectivity index (χ4v) is 1.32. The number of halogens is 2. The van der Waals surface area contributed by atoms with Gasteiger partial charge in [0.2, 0.25) is 5.88 Å². The molecule has 80 valence electrons. The Morgan fingerprint density at radius 3 is 2.67 bits per heavy atom. The first kappa shape index (κ1) is 9.75. The number of hydrogen-bond acceptors (Lipinski definition) is 4. The van der Waals surface area contributed by atoms with Gasteiger partial charge in [-0.2, -0.15) is 10.1 Å². The van der Waals surface area contributed by atoms with Gasteiger partial charge >= 0.3 is 0 Å². The number of alkyl halides is 2. The molecule has 2 rings (SSSR count). The molecule has 0 unspecified atom stereocenters. The summed E-state index contributed by atoms with van der Waals surface area (Å²) in [5.74, 6) is 0.535. The zero-order valence-corrected chi connectivity index (χ0v) is 8.08. The Morgan fingerprint density at radius 1 is 1.33 bits per heavy atom. The van der Waals surface area contributed by atoms with E-state index in [2.05, 4.69) is 20.2 Å². The number of nitrogens with zero attached hydrogens (tertiary/aromatic N) is 3. The summed E-state index contributed by atoms with van der Waals surface area (Å²) in [5, 5.41) is 6.04. The number of methoxy groups -OCH3 is 1. The average Bonchev–Trinajstić information content (AvgIpc) is 2.59. The molecule has 7 heteroatoms. The summed E-state index contributed by atoms with van der Waals surface area (Å²) in [5.41, 5.74) is -0.128. The summed E-state index contributed by atoms with van der Waals surface area (Å²) < 4.78 is 30.0. The lowest BCUT2D eigenvalue weighted by Gasteiger charge is -2.02. The van der Waals surface area contributed by atoms with Gasteiger partial charge in [0, 0.05) is 0 Å². The Bertz CT molecular complexity index is 497. The summed E-state index contributed by atoms with van der Waals surface area (Å²) in [6.07, 6.45) is -2.66. The Morgan fingerprint density at radius 2 is 2.07 bits per heavy atom. The van der Waals surface area contributed by atoms with Gasteiger partial charge in [-0.1, -0.05) is 0 Å². The van der Waals surface area contributed by atoms with E-state index in [0.717, 1.165) is 0 Å². The van der Waals surface area contributed by atoms with Crippen molar-refractivity contribution in [1.29, 1.82) is 0 Å². The standard InChI is InChI=1S/C8H8F2N4O/c1-3-11-7-4(8(12-3)15-2)5(6(9)10)13-14-7/h6H,1-2H3,(H,11,12,13,14). The van der Waals surface area contributed by atoms with Crippen molar-refractivity contribution < 1.29 is 13.5 Å². The van der Waals surface area contributed by atoms with Crippen LogP contribution in [0.25, 0.3) is 11.0 Å². The van der Waals surface area contributed by atoms with Gasteiger partial charge < -0.3 is 4.74 Å². The van der Waals surface area contributed by atoms with Crippen LogP contribution in [-0.4, -0.2) is 27.3 Å². The lowest BCUT2D eigenvalue weighted by molar-refractivity contribution is 0.147. The van der Waals surface area contributed by atoms with E-state index < -0.39 is 6.43 Å². The van der Waals surface area contributed by atoms with Crippen LogP contribution in [0, 0.1) is 6.92 Å². The number of fused-ring (bicyclic) bond motifs is 1. The third-order valence-electron chi connectivity index (χ3n) is 1.93. The molecule has 2 aromatic heterocycles. The first-order valence-corrected chi connectivity index (χ1v) is 4.18. The van der Waals surface area contributed by atoms with Gasteiger partial charge in [0.25, 0.3) is 6.43 Å². The Kier molecular flexibility index (Phi) is 2.22. The Hall–Kier alpha value is -1.79. The highest BCUT2D eigenvalue weighted by Crippen LogP contribution is 2.30. The molecular formula is C8H8F2N4O. The van der Waals surface area contributed by atoms with Crippen LogP contribution >= 0.6 is 0 Å². The lowest BCUT2D eigenvalue weighted by Crippen LogP contribution is -1.95. The first-order chi connectivity index (χ1) is 7.13. The molecule has 0 spiro atoms. The number of rotatable bonds is 2. The summed E-state index contributed by atoms with van der Waals surface area (Å²) in [7, 11) is 1.36. The number of nitrogens with one attached hydrogen (secondary N) is 1. The van der Waals surface area contributed by atoms with Crippen LogP contribution in [0.3, 0.4) is 0 Å². The van der Waals surface area contributed by atoms with Crippen molar-refractivity contribution >= 4 is 11.0 Å². The van der Waals surface area contributed by atoms with Crippen molar-refractivity contribution in [1.82, 2.24) is 20.2 Å². The maximum atomic E-state index is 12.6. The topological polar surface area (TPSA) is 63.7 Å². The summed E-state index contributed by atoms with van der Waals surface area (Å²) >= 11 is 0. The predicted octanol–water partition coefficient (Wildman–Crippen LogP) is 1.61. The third kappa shape index (κ3) is 1.49. The lowest BCUT2D eigenvalue weighted by atomic mass is 10.3. The van der Waals surface area contributed by atoms with Gasteiger partial charge in [0.05, 0.1) is 7.11 Å². The van der Waals surface area contributed by atoms with Crippen LogP contribution in [0.4, 0.5) is 8.78 Å². The normalized spacial score (nSPS) is 11.3. The van der Waals surface area contributed by atoms with E-state index >= 15 is 0 Å². The fraction of sp³-hybridized carbons (Fsp3) is 0.375. The molecule has 5 nitrogen and oxygen atoms in total. The van der Waals surface area contributed by atoms with Gasteiger partial charge in [0.1, 0.15) is 16.9 Å². The van der Waals surface area contributed by atoms with E-state index in [9.17, 15) is 8.78 Å². The highest BCUT2D eigenvalue weighted by molar-refractivity contribution is 5.83. The van der Waals surface area contributed by atoms with Crippen LogP contribution in [0.1, 0.15) is 17.9 Å². The van der Waals surface area contributed by atoms with Crippen LogP contribution in [-0.2, 0) is 0 Å². The third-order valence-corrected chi connectivity index (χ3v) is 1.93. The number of aromatic nitrogens is 4. The molecule has 0 saturated carbocycles. The molecule has 1 N–H and O–H groups in total. The quantitative estimate of drug-likeness (QED) is 0.824. The van der Waals surface area contributed by atoms with Crippen LogP contribution in [0.15, 0.2) is 0 Å². The largest absolute Gasteiger partial charge is 0.480 e. The number of ether oxygens (including phenoxy) is 1. The number of hydrogen-bond donors (Lipinski definition) is 1. The van der Waals surface area contributed by atoms with Gasteiger partial charge in [-0.3, -0.25) is 5.10 Å². The fourth-order valence-electron chi connectivity index (χ4n) is 1.32. The minimum Gasteiger partial charge on any atom is -0.480 e. The molecule has 0 fully saturated rings. The number of H-pyrrole nitrogens is 1. The molecule has 0 amide bonds. The molecule has 0 aliphatic carbocycles. The molecule has 0 atom stereocenters. The molecule has 0 radical (unpaired) electrons. The molecule has 2 aromatic rings. The Labute approximate surface area is 83.5 Å². The average molecular weight is 214 g/mol. The predicted molar refractivity (Wildman–Crippen MR) is 47.9 cm³/mol. The second-order valence-corrected chi connectivity index (χ2v) is 2.92. The van der Waals surface area contributed by atoms with E-state index in [1.54, 1.807) is 6.92 Å². The van der Waals surface area contributed by atoms with E-state index in [0.29, 0.717) is 5.82 Å². The minimum absolute atomic E-state index is 0.113. The summed E-state index contributed by atoms with van der Waals surface area (Å²) in [6, 6.07) is 0. The first-order valence-electron chi connectivity index (χ1n) is 4.18. The molecule has 0 aromatic carbocycles. The van der Waals surface area contributed by atoms with Crippen molar-refractivity contribution in [2.45, 2.75) is 13.3 Å². The second-order valence-electron chi connectivity index (χ2n) is 2.92. The number of aromatic amines is 1. The molecule has 2 heterocycles. The van der Waals surface area contributed by atoms with Crippen molar-refractivity contribution in [3.8, 4) is 5.88 Å². The number of aryl methyl sites for hydroxylation is 1. The van der Waals surface area contributed by atoms with Crippen molar-refractivity contribution in [2.24, 2.45) is 0 Å². The minimum atomic E-state index is -2.66. The maximum absolute atomic E-state index is 12.6. The monoisotopic (exact) mass is 214 g/mol. The zero-order chi connectivity index (χ0) is 11.0. The molecule has 0 aliphatic rings. The van der Waals surface area contributed by atoms with E-state index in [1.807, 2.05) is 0 Å². The van der Waals surface area contributed by atoms with Gasteiger partial charge in [0.15, 0.2) is 5.65 Å². The van der Waals surface area contributed by atoms with Crippen LogP contribution in [0.5, 0.6) is 5.88 Å². The van der Waals surface area contributed by atoms with Gasteiger partial charge in [-0.15, -0.1) is 0 Å². The van der Waals surface area contributed by atoms with Crippen molar-refractivity contribution in [3.05, 3.63) is 11.5 Å². The smallest absolute Gasteiger partial charge is 0.280 e. The molecule has 0 saturated heterocycles. The van der Waals surface area contributed by atoms with E-state index in [-0.39, 0.29) is 22.6 Å². The maximum Gasteiger partial charge on any atom is 0.280 e. The zero-order valence-electron chi connectivity index (χ0n) is 8.08. The molecule has 0 bridgehead atoms. The molecular weight excluding hydrogens is 206 g/mol. The van der Waals surface area contributed by atoms with Crippen LogP contribution < -0.4 is 4.74 Å².